The van der Waals surface area contributed by atoms with Gasteiger partial charge in [-0.1, -0.05) is 48.5 Å². The van der Waals surface area contributed by atoms with Gasteiger partial charge in [0, 0.05) is 24.6 Å². The molecule has 0 radical (unpaired) electrons. The Morgan fingerprint density at radius 3 is 2.32 bits per heavy atom. The molecule has 2 bridgehead atoms. The predicted octanol–water partition coefficient (Wildman–Crippen LogP) is 5.08. The average molecular weight is 409 g/mol. The summed E-state index contributed by atoms with van der Waals surface area (Å²) >= 11 is 0. The number of carbonyl (C=O) groups excluding carboxylic acids is 1. The SMILES string of the molecule is CCn1cnc2c(NC(=O)C3(C)CC4c5ccccc5C3c3ccccc34)nccc21. The smallest absolute Gasteiger partial charge is 0.232 e. The Morgan fingerprint density at radius 1 is 1.03 bits per heavy atom. The maximum absolute atomic E-state index is 13.8. The van der Waals surface area contributed by atoms with Crippen LogP contribution < -0.4 is 5.32 Å². The minimum absolute atomic E-state index is 0.0116. The first-order valence-electron chi connectivity index (χ1n) is 10.9. The maximum Gasteiger partial charge on any atom is 0.232 e. The number of anilines is 1. The Hall–Kier alpha value is -3.47. The Kier molecular flexibility index (Phi) is 3.85. The summed E-state index contributed by atoms with van der Waals surface area (Å²) in [4.78, 5) is 22.8. The van der Waals surface area contributed by atoms with E-state index in [1.54, 1.807) is 12.5 Å². The lowest BCUT2D eigenvalue weighted by atomic mass is 9.52. The molecule has 0 saturated carbocycles. The second-order valence-corrected chi connectivity index (χ2v) is 8.88. The Bertz CT molecular complexity index is 1290. The second kappa shape index (κ2) is 6.51. The summed E-state index contributed by atoms with van der Waals surface area (Å²) in [6.07, 6.45) is 4.33. The van der Waals surface area contributed by atoms with E-state index in [4.69, 9.17) is 0 Å². The van der Waals surface area contributed by atoms with E-state index in [0.717, 1.165) is 24.0 Å². The topological polar surface area (TPSA) is 59.8 Å². The van der Waals surface area contributed by atoms with Crippen LogP contribution in [0, 0.1) is 5.41 Å². The summed E-state index contributed by atoms with van der Waals surface area (Å²) in [6, 6.07) is 19.1. The molecule has 0 spiro atoms. The molecule has 0 aliphatic heterocycles. The summed E-state index contributed by atoms with van der Waals surface area (Å²) in [5.41, 5.74) is 6.43. The van der Waals surface area contributed by atoms with Crippen molar-refractivity contribution < 1.29 is 4.79 Å². The van der Waals surface area contributed by atoms with Crippen molar-refractivity contribution in [2.75, 3.05) is 5.32 Å². The van der Waals surface area contributed by atoms with Crippen molar-refractivity contribution in [1.29, 1.82) is 0 Å². The zero-order valence-corrected chi connectivity index (χ0v) is 17.7. The van der Waals surface area contributed by atoms with Gasteiger partial charge in [-0.3, -0.25) is 4.79 Å². The predicted molar refractivity (Wildman–Crippen MR) is 121 cm³/mol. The number of aromatic nitrogens is 3. The normalized spacial score (nSPS) is 23.4. The van der Waals surface area contributed by atoms with Crippen molar-refractivity contribution >= 4 is 22.8 Å². The van der Waals surface area contributed by atoms with Crippen LogP contribution >= 0.6 is 0 Å². The van der Waals surface area contributed by atoms with Gasteiger partial charge in [-0.05, 0) is 48.6 Å². The number of hydrogen-bond donors (Lipinski definition) is 1. The van der Waals surface area contributed by atoms with E-state index in [1.807, 2.05) is 6.07 Å². The molecule has 2 aromatic carbocycles. The molecule has 3 aliphatic rings. The molecule has 7 rings (SSSR count). The van der Waals surface area contributed by atoms with Gasteiger partial charge in [0.05, 0.1) is 17.3 Å². The molecule has 5 heteroatoms. The van der Waals surface area contributed by atoms with E-state index < -0.39 is 5.41 Å². The monoisotopic (exact) mass is 408 g/mol. The number of amides is 1. The fraction of sp³-hybridized carbons (Fsp3) is 0.269. The van der Waals surface area contributed by atoms with Crippen LogP contribution in [0.5, 0.6) is 0 Å². The highest BCUT2D eigenvalue weighted by atomic mass is 16.2. The number of nitrogens with zero attached hydrogens (tertiary/aromatic N) is 3. The van der Waals surface area contributed by atoms with Crippen molar-refractivity contribution in [2.24, 2.45) is 5.41 Å². The van der Waals surface area contributed by atoms with E-state index in [2.05, 4.69) is 82.2 Å². The van der Waals surface area contributed by atoms with Gasteiger partial charge in [0.1, 0.15) is 5.52 Å². The zero-order valence-electron chi connectivity index (χ0n) is 17.7. The van der Waals surface area contributed by atoms with E-state index in [-0.39, 0.29) is 17.7 Å². The van der Waals surface area contributed by atoms with Crippen LogP contribution in [0.15, 0.2) is 67.1 Å². The Balaban J connectivity index is 1.44. The molecule has 1 N–H and O–H groups in total. The van der Waals surface area contributed by atoms with Crippen molar-refractivity contribution in [1.82, 2.24) is 14.5 Å². The van der Waals surface area contributed by atoms with Gasteiger partial charge in [-0.15, -0.1) is 0 Å². The minimum atomic E-state index is -0.565. The molecule has 0 saturated heterocycles. The van der Waals surface area contributed by atoms with E-state index in [0.29, 0.717) is 5.82 Å². The lowest BCUT2D eigenvalue weighted by molar-refractivity contribution is -0.126. The summed E-state index contributed by atoms with van der Waals surface area (Å²) < 4.78 is 2.06. The number of aryl methyl sites for hydroxylation is 1. The van der Waals surface area contributed by atoms with Gasteiger partial charge < -0.3 is 9.88 Å². The minimum Gasteiger partial charge on any atom is -0.331 e. The van der Waals surface area contributed by atoms with E-state index >= 15 is 0 Å². The number of hydrogen-bond acceptors (Lipinski definition) is 3. The lowest BCUT2D eigenvalue weighted by Gasteiger charge is -2.50. The van der Waals surface area contributed by atoms with Crippen LogP contribution in [0.2, 0.25) is 0 Å². The van der Waals surface area contributed by atoms with Crippen LogP contribution in [-0.2, 0) is 11.3 Å². The molecule has 5 nitrogen and oxygen atoms in total. The number of rotatable bonds is 3. The molecular weight excluding hydrogens is 384 g/mol. The second-order valence-electron chi connectivity index (χ2n) is 8.88. The van der Waals surface area contributed by atoms with Crippen molar-refractivity contribution in [3.05, 3.63) is 89.4 Å². The molecule has 1 amide bonds. The van der Waals surface area contributed by atoms with Gasteiger partial charge in [0.25, 0.3) is 0 Å². The largest absolute Gasteiger partial charge is 0.331 e. The van der Waals surface area contributed by atoms with Gasteiger partial charge in [-0.25, -0.2) is 9.97 Å². The quantitative estimate of drug-likeness (QED) is 0.514. The molecule has 2 aromatic heterocycles. The standard InChI is InChI=1S/C26H24N4O/c1-3-30-15-28-23-21(30)12-13-27-24(23)29-25(31)26(2)14-20-16-8-4-6-10-18(16)22(26)19-11-7-5-9-17(19)20/h4-13,15,20,22H,3,14H2,1-2H3,(H,27,29,31). The molecular formula is C26H24N4O. The lowest BCUT2D eigenvalue weighted by Crippen LogP contribution is -2.47. The third kappa shape index (κ3) is 2.46. The van der Waals surface area contributed by atoms with Crippen LogP contribution in [-0.4, -0.2) is 20.4 Å². The van der Waals surface area contributed by atoms with Gasteiger partial charge >= 0.3 is 0 Å². The molecule has 4 aromatic rings. The highest BCUT2D eigenvalue weighted by Gasteiger charge is 2.53. The molecule has 31 heavy (non-hydrogen) atoms. The van der Waals surface area contributed by atoms with E-state index in [1.165, 1.54) is 22.3 Å². The van der Waals surface area contributed by atoms with Crippen LogP contribution in [0.1, 0.15) is 54.4 Å². The average Bonchev–Trinajstić information content (AvgIpc) is 3.23. The molecule has 3 aliphatic carbocycles. The first-order chi connectivity index (χ1) is 15.1. The summed E-state index contributed by atoms with van der Waals surface area (Å²) in [6.45, 7) is 5.01. The van der Waals surface area contributed by atoms with Gasteiger partial charge in [0.15, 0.2) is 5.82 Å². The molecule has 1 atom stereocenters. The fourth-order valence-electron chi connectivity index (χ4n) is 5.78. The fourth-order valence-corrected chi connectivity index (χ4v) is 5.78. The summed E-state index contributed by atoms with van der Waals surface area (Å²) in [5, 5.41) is 3.15. The van der Waals surface area contributed by atoms with Gasteiger partial charge in [0.2, 0.25) is 5.91 Å². The Labute approximate surface area is 181 Å². The highest BCUT2D eigenvalue weighted by Crippen LogP contribution is 2.61. The number of carbonyl (C=O) groups is 1. The number of benzene rings is 2. The molecule has 0 fully saturated rings. The van der Waals surface area contributed by atoms with Crippen LogP contribution in [0.3, 0.4) is 0 Å². The summed E-state index contributed by atoms with van der Waals surface area (Å²) in [5.74, 6) is 0.810. The highest BCUT2D eigenvalue weighted by molar-refractivity contribution is 6.01. The number of fused-ring (bicyclic) bond motifs is 2. The molecule has 1 unspecified atom stereocenters. The van der Waals surface area contributed by atoms with Crippen molar-refractivity contribution in [3.63, 3.8) is 0 Å². The van der Waals surface area contributed by atoms with Gasteiger partial charge in [-0.2, -0.15) is 0 Å². The number of imidazole rings is 1. The zero-order chi connectivity index (χ0) is 21.2. The van der Waals surface area contributed by atoms with Crippen molar-refractivity contribution in [2.45, 2.75) is 38.6 Å². The Morgan fingerprint density at radius 2 is 1.68 bits per heavy atom. The first-order valence-corrected chi connectivity index (χ1v) is 10.9. The van der Waals surface area contributed by atoms with Crippen LogP contribution in [0.4, 0.5) is 5.82 Å². The summed E-state index contributed by atoms with van der Waals surface area (Å²) in [7, 11) is 0. The number of nitrogens with one attached hydrogen (secondary N) is 1. The molecule has 154 valence electrons. The van der Waals surface area contributed by atoms with Crippen molar-refractivity contribution in [3.8, 4) is 0 Å². The van der Waals surface area contributed by atoms with Crippen LogP contribution in [0.25, 0.3) is 11.0 Å². The molecule has 2 heterocycles. The third-order valence-electron chi connectivity index (χ3n) is 7.26. The third-order valence-corrected chi connectivity index (χ3v) is 7.26. The number of pyridine rings is 1. The maximum atomic E-state index is 13.8. The first kappa shape index (κ1) is 18.3. The van der Waals surface area contributed by atoms with E-state index in [9.17, 15) is 4.79 Å².